The van der Waals surface area contributed by atoms with Gasteiger partial charge in [0.25, 0.3) is 0 Å². The van der Waals surface area contributed by atoms with Crippen LogP contribution in [0.25, 0.3) is 11.3 Å². The van der Waals surface area contributed by atoms with Crippen LogP contribution in [0.15, 0.2) is 72.0 Å². The number of para-hydroxylation sites is 2. The highest BCUT2D eigenvalue weighted by Gasteiger charge is 2.25. The van der Waals surface area contributed by atoms with Crippen molar-refractivity contribution in [3.05, 3.63) is 78.3 Å². The van der Waals surface area contributed by atoms with E-state index in [4.69, 9.17) is 4.74 Å². The van der Waals surface area contributed by atoms with E-state index in [0.29, 0.717) is 0 Å². The van der Waals surface area contributed by atoms with Crippen molar-refractivity contribution >= 4 is 17.6 Å². The molecule has 3 heterocycles. The first-order chi connectivity index (χ1) is 16.2. The first-order valence-electron chi connectivity index (χ1n) is 11.6. The van der Waals surface area contributed by atoms with Crippen molar-refractivity contribution in [3.63, 3.8) is 0 Å². The lowest BCUT2D eigenvalue weighted by molar-refractivity contribution is 0.249. The summed E-state index contributed by atoms with van der Waals surface area (Å²) in [5.74, 6) is 0.945. The van der Waals surface area contributed by atoms with Crippen LogP contribution in [0, 0.1) is 6.92 Å². The second-order valence-electron chi connectivity index (χ2n) is 8.54. The Balaban J connectivity index is 1.38. The molecule has 0 aliphatic carbocycles. The van der Waals surface area contributed by atoms with Gasteiger partial charge in [0.15, 0.2) is 0 Å². The molecule has 0 saturated carbocycles. The first kappa shape index (κ1) is 21.3. The highest BCUT2D eigenvalue weighted by molar-refractivity contribution is 5.83. The van der Waals surface area contributed by atoms with Crippen LogP contribution in [0.1, 0.15) is 11.3 Å². The number of aromatic nitrogens is 1. The third kappa shape index (κ3) is 4.39. The zero-order valence-corrected chi connectivity index (χ0v) is 19.4. The second-order valence-corrected chi connectivity index (χ2v) is 8.54. The summed E-state index contributed by atoms with van der Waals surface area (Å²) >= 11 is 0. The van der Waals surface area contributed by atoms with Gasteiger partial charge in [-0.3, -0.25) is 9.89 Å². The van der Waals surface area contributed by atoms with Crippen LogP contribution < -0.4 is 14.5 Å². The number of anilines is 2. The van der Waals surface area contributed by atoms with Crippen molar-refractivity contribution in [3.8, 4) is 17.0 Å². The van der Waals surface area contributed by atoms with Crippen LogP contribution in [0.3, 0.4) is 0 Å². The molecular formula is C27H31N5O. The molecule has 1 fully saturated rings. The van der Waals surface area contributed by atoms with E-state index in [1.54, 1.807) is 7.11 Å². The van der Waals surface area contributed by atoms with E-state index in [2.05, 4.69) is 80.3 Å². The molecule has 0 spiro atoms. The molecule has 0 radical (unpaired) electrons. The van der Waals surface area contributed by atoms with Crippen LogP contribution in [0.2, 0.25) is 0 Å². The molecule has 33 heavy (non-hydrogen) atoms. The van der Waals surface area contributed by atoms with Gasteiger partial charge in [-0.2, -0.15) is 0 Å². The third-order valence-electron chi connectivity index (χ3n) is 6.53. The fraction of sp³-hybridized carbons (Fsp3) is 0.296. The van der Waals surface area contributed by atoms with Gasteiger partial charge in [0, 0.05) is 68.2 Å². The van der Waals surface area contributed by atoms with E-state index in [9.17, 15) is 0 Å². The van der Waals surface area contributed by atoms with E-state index in [0.717, 1.165) is 45.0 Å². The fourth-order valence-electron chi connectivity index (χ4n) is 4.78. The molecule has 2 aromatic carbocycles. The maximum atomic E-state index is 5.58. The average molecular weight is 442 g/mol. The summed E-state index contributed by atoms with van der Waals surface area (Å²) in [6.07, 6.45) is 5.92. The lowest BCUT2D eigenvalue weighted by atomic mass is 10.1. The van der Waals surface area contributed by atoms with Gasteiger partial charge in [0.2, 0.25) is 0 Å². The maximum absolute atomic E-state index is 5.58. The smallest absolute Gasteiger partial charge is 0.142 e. The van der Waals surface area contributed by atoms with Crippen molar-refractivity contribution in [1.82, 2.24) is 9.88 Å². The lowest BCUT2D eigenvalue weighted by Gasteiger charge is -2.37. The molecule has 5 rings (SSSR count). The highest BCUT2D eigenvalue weighted by Crippen LogP contribution is 2.37. The SMILES string of the molecule is COc1ccccc1N1CCN(Cc2c(C)[nH]c(-c3ccccc3)c2N2C=CN=CC2)CC1. The first-order valence-corrected chi connectivity index (χ1v) is 11.6. The van der Waals surface area contributed by atoms with E-state index in [1.165, 1.54) is 33.9 Å². The number of hydrogen-bond acceptors (Lipinski definition) is 5. The Bertz CT molecular complexity index is 1140. The number of nitrogens with zero attached hydrogens (tertiary/aromatic N) is 4. The Labute approximate surface area is 195 Å². The number of H-pyrrole nitrogens is 1. The minimum atomic E-state index is 0.780. The molecule has 0 amide bonds. The van der Waals surface area contributed by atoms with E-state index >= 15 is 0 Å². The minimum absolute atomic E-state index is 0.780. The maximum Gasteiger partial charge on any atom is 0.142 e. The molecule has 2 aliphatic rings. The van der Waals surface area contributed by atoms with E-state index < -0.39 is 0 Å². The summed E-state index contributed by atoms with van der Waals surface area (Å²) in [5.41, 5.74) is 7.41. The fourth-order valence-corrected chi connectivity index (χ4v) is 4.78. The van der Waals surface area contributed by atoms with E-state index in [-0.39, 0.29) is 0 Å². The normalized spacial score (nSPS) is 16.4. The van der Waals surface area contributed by atoms with Crippen LogP contribution in [-0.4, -0.2) is 55.9 Å². The molecule has 0 unspecified atom stereocenters. The Kier molecular flexibility index (Phi) is 6.17. The molecular weight excluding hydrogens is 410 g/mol. The Morgan fingerprint density at radius 2 is 1.73 bits per heavy atom. The number of ether oxygens (including phenoxy) is 1. The number of methoxy groups -OCH3 is 1. The molecule has 6 nitrogen and oxygen atoms in total. The zero-order chi connectivity index (χ0) is 22.6. The van der Waals surface area contributed by atoms with Crippen molar-refractivity contribution < 1.29 is 4.74 Å². The second kappa shape index (κ2) is 9.55. The summed E-state index contributed by atoms with van der Waals surface area (Å²) < 4.78 is 5.58. The predicted molar refractivity (Wildman–Crippen MR) is 136 cm³/mol. The lowest BCUT2D eigenvalue weighted by Crippen LogP contribution is -2.46. The number of nitrogens with one attached hydrogen (secondary N) is 1. The summed E-state index contributed by atoms with van der Waals surface area (Å²) in [6.45, 7) is 7.90. The summed E-state index contributed by atoms with van der Waals surface area (Å²) in [5, 5.41) is 0. The highest BCUT2D eigenvalue weighted by atomic mass is 16.5. The number of aromatic amines is 1. The van der Waals surface area contributed by atoms with Gasteiger partial charge >= 0.3 is 0 Å². The van der Waals surface area contributed by atoms with Gasteiger partial charge in [-0.05, 0) is 19.1 Å². The number of hydrogen-bond donors (Lipinski definition) is 1. The number of aryl methyl sites for hydroxylation is 1. The average Bonchev–Trinajstić information content (AvgIpc) is 3.21. The van der Waals surface area contributed by atoms with Gasteiger partial charge in [0.1, 0.15) is 5.75 Å². The third-order valence-corrected chi connectivity index (χ3v) is 6.53. The van der Waals surface area contributed by atoms with Crippen LogP contribution >= 0.6 is 0 Å². The van der Waals surface area contributed by atoms with Crippen LogP contribution in [-0.2, 0) is 6.54 Å². The number of aliphatic imine (C=N–C) groups is 1. The molecule has 1 aromatic heterocycles. The van der Waals surface area contributed by atoms with Gasteiger partial charge in [0.05, 0.1) is 30.7 Å². The molecule has 1 N–H and O–H groups in total. The molecule has 170 valence electrons. The van der Waals surface area contributed by atoms with Crippen LogP contribution in [0.4, 0.5) is 11.4 Å². The molecule has 0 atom stereocenters. The largest absolute Gasteiger partial charge is 0.495 e. The monoisotopic (exact) mass is 441 g/mol. The van der Waals surface area contributed by atoms with Crippen molar-refractivity contribution in [1.29, 1.82) is 0 Å². The van der Waals surface area contributed by atoms with Gasteiger partial charge in [-0.1, -0.05) is 42.5 Å². The molecule has 3 aromatic rings. The number of benzene rings is 2. The van der Waals surface area contributed by atoms with E-state index in [1.807, 2.05) is 24.5 Å². The summed E-state index contributed by atoms with van der Waals surface area (Å²) in [7, 11) is 1.75. The summed E-state index contributed by atoms with van der Waals surface area (Å²) in [4.78, 5) is 15.3. The van der Waals surface area contributed by atoms with Gasteiger partial charge < -0.3 is 19.5 Å². The Morgan fingerprint density at radius 1 is 0.970 bits per heavy atom. The topological polar surface area (TPSA) is 47.1 Å². The zero-order valence-electron chi connectivity index (χ0n) is 19.4. The number of piperazine rings is 1. The standard InChI is InChI=1S/C27H31N5O/c1-21-23(20-30-16-18-31(19-17-30)24-10-6-7-11-25(24)33-2)27(32-14-12-28-13-15-32)26(29-21)22-8-4-3-5-9-22/h3-14,29H,15-20H2,1-2H3. The molecule has 0 bridgehead atoms. The van der Waals surface area contributed by atoms with Gasteiger partial charge in [-0.25, -0.2) is 0 Å². The molecule has 1 saturated heterocycles. The van der Waals surface area contributed by atoms with Crippen molar-refractivity contribution in [2.24, 2.45) is 4.99 Å². The van der Waals surface area contributed by atoms with Crippen LogP contribution in [0.5, 0.6) is 5.75 Å². The summed E-state index contributed by atoms with van der Waals surface area (Å²) in [6, 6.07) is 18.9. The number of rotatable bonds is 6. The molecule has 6 heteroatoms. The quantitative estimate of drug-likeness (QED) is 0.603. The van der Waals surface area contributed by atoms with Gasteiger partial charge in [-0.15, -0.1) is 0 Å². The Hall–Kier alpha value is -3.51. The minimum Gasteiger partial charge on any atom is -0.495 e. The van der Waals surface area contributed by atoms with Crippen molar-refractivity contribution in [2.75, 3.05) is 49.6 Å². The predicted octanol–water partition coefficient (Wildman–Crippen LogP) is 4.68. The van der Waals surface area contributed by atoms with Crippen molar-refractivity contribution in [2.45, 2.75) is 13.5 Å². The Morgan fingerprint density at radius 3 is 2.45 bits per heavy atom. The molecule has 2 aliphatic heterocycles.